The molecule has 1 aromatic carbocycles. The van der Waals surface area contributed by atoms with E-state index in [2.05, 4.69) is 4.72 Å². The van der Waals surface area contributed by atoms with Gasteiger partial charge in [0.1, 0.15) is 0 Å². The normalized spacial score (nSPS) is 10.6. The van der Waals surface area contributed by atoms with E-state index in [1.165, 1.54) is 12.1 Å². The summed E-state index contributed by atoms with van der Waals surface area (Å²) in [6.45, 7) is 4.04. The Bertz CT molecular complexity index is 564. The van der Waals surface area contributed by atoms with Crippen molar-refractivity contribution < 1.29 is 8.42 Å². The van der Waals surface area contributed by atoms with Gasteiger partial charge in [-0.15, -0.1) is 0 Å². The van der Waals surface area contributed by atoms with Crippen LogP contribution in [0, 0.1) is 11.3 Å². The molecule has 0 bridgehead atoms. The molecular weight excluding hydrogens is 236 g/mol. The van der Waals surface area contributed by atoms with Crippen molar-refractivity contribution >= 4 is 10.0 Å². The highest BCUT2D eigenvalue weighted by Gasteiger charge is 2.12. The number of hydrogen-bond acceptors (Lipinski definition) is 3. The van der Waals surface area contributed by atoms with E-state index in [9.17, 15) is 8.42 Å². The van der Waals surface area contributed by atoms with Gasteiger partial charge in [0.25, 0.3) is 0 Å². The summed E-state index contributed by atoms with van der Waals surface area (Å²) in [6, 6.07) is 7.84. The van der Waals surface area contributed by atoms with E-state index in [1.807, 2.05) is 19.9 Å². The molecule has 0 unspecified atom stereocenters. The fourth-order valence-corrected chi connectivity index (χ4v) is 2.18. The lowest BCUT2D eigenvalue weighted by atomic mass is 10.2. The lowest BCUT2D eigenvalue weighted by molar-refractivity contribution is 0.585. The number of hydrogen-bond donors (Lipinski definition) is 1. The molecule has 0 saturated carbocycles. The number of nitriles is 1. The minimum Gasteiger partial charge on any atom is -0.207 e. The molecule has 1 rings (SSSR count). The first kappa shape index (κ1) is 13.4. The minimum atomic E-state index is -3.53. The summed E-state index contributed by atoms with van der Waals surface area (Å²) in [4.78, 5) is 0.110. The summed E-state index contributed by atoms with van der Waals surface area (Å²) in [5.74, 6) is 0. The zero-order valence-corrected chi connectivity index (χ0v) is 10.6. The smallest absolute Gasteiger partial charge is 0.207 e. The van der Waals surface area contributed by atoms with Crippen molar-refractivity contribution in [2.45, 2.75) is 18.7 Å². The number of nitrogens with zero attached hydrogens (tertiary/aromatic N) is 1. The molecule has 1 N–H and O–H groups in total. The number of benzene rings is 1. The molecule has 0 aliphatic carbocycles. The first-order chi connectivity index (χ1) is 7.95. The highest BCUT2D eigenvalue weighted by molar-refractivity contribution is 7.89. The van der Waals surface area contributed by atoms with E-state index in [0.717, 1.165) is 5.57 Å². The molecule has 17 heavy (non-hydrogen) atoms. The molecule has 0 aliphatic heterocycles. The van der Waals surface area contributed by atoms with Crippen LogP contribution in [0.2, 0.25) is 0 Å². The van der Waals surface area contributed by atoms with E-state index in [4.69, 9.17) is 5.26 Å². The van der Waals surface area contributed by atoms with Gasteiger partial charge < -0.3 is 0 Å². The lowest BCUT2D eigenvalue weighted by Crippen LogP contribution is -2.23. The van der Waals surface area contributed by atoms with Gasteiger partial charge in [-0.3, -0.25) is 0 Å². The summed E-state index contributed by atoms with van der Waals surface area (Å²) in [7, 11) is -3.53. The maximum absolute atomic E-state index is 11.8. The Hall–Kier alpha value is -1.64. The van der Waals surface area contributed by atoms with Crippen molar-refractivity contribution in [2.24, 2.45) is 0 Å². The van der Waals surface area contributed by atoms with Crippen LogP contribution in [0.3, 0.4) is 0 Å². The van der Waals surface area contributed by atoms with E-state index >= 15 is 0 Å². The Morgan fingerprint density at radius 3 is 2.76 bits per heavy atom. The molecule has 90 valence electrons. The van der Waals surface area contributed by atoms with Gasteiger partial charge in [-0.05, 0) is 32.0 Å². The first-order valence-corrected chi connectivity index (χ1v) is 6.57. The predicted molar refractivity (Wildman–Crippen MR) is 65.8 cm³/mol. The SMILES string of the molecule is CC(C)=CCNS(=O)(=O)c1cccc(C#N)c1. The van der Waals surface area contributed by atoms with Crippen molar-refractivity contribution in [1.82, 2.24) is 4.72 Å². The van der Waals surface area contributed by atoms with Gasteiger partial charge in [0, 0.05) is 6.54 Å². The molecular formula is C12H14N2O2S. The third-order valence-corrected chi connectivity index (χ3v) is 3.48. The molecule has 0 heterocycles. The van der Waals surface area contributed by atoms with Crippen molar-refractivity contribution in [1.29, 1.82) is 5.26 Å². The second kappa shape index (κ2) is 5.62. The first-order valence-electron chi connectivity index (χ1n) is 5.09. The van der Waals surface area contributed by atoms with E-state index in [-0.39, 0.29) is 11.4 Å². The summed E-state index contributed by atoms with van der Waals surface area (Å²) in [5.41, 5.74) is 1.37. The molecule has 5 heteroatoms. The van der Waals surface area contributed by atoms with Gasteiger partial charge in [0.2, 0.25) is 10.0 Å². The van der Waals surface area contributed by atoms with E-state index < -0.39 is 10.0 Å². The fourth-order valence-electron chi connectivity index (χ4n) is 1.17. The third-order valence-electron chi connectivity index (χ3n) is 2.06. The summed E-state index contributed by atoms with van der Waals surface area (Å²) < 4.78 is 26.1. The Kier molecular flexibility index (Phi) is 4.44. The maximum Gasteiger partial charge on any atom is 0.240 e. The van der Waals surface area contributed by atoms with Crippen molar-refractivity contribution in [3.63, 3.8) is 0 Å². The van der Waals surface area contributed by atoms with Crippen LogP contribution >= 0.6 is 0 Å². The van der Waals surface area contributed by atoms with Crippen LogP contribution in [-0.4, -0.2) is 15.0 Å². The molecule has 0 saturated heterocycles. The van der Waals surface area contributed by atoms with Gasteiger partial charge in [-0.2, -0.15) is 5.26 Å². The Morgan fingerprint density at radius 2 is 2.18 bits per heavy atom. The van der Waals surface area contributed by atoms with Gasteiger partial charge in [-0.1, -0.05) is 17.7 Å². The van der Waals surface area contributed by atoms with Gasteiger partial charge in [0.05, 0.1) is 16.5 Å². The molecule has 0 aliphatic rings. The molecule has 0 radical (unpaired) electrons. The standard InChI is InChI=1S/C12H14N2O2S/c1-10(2)6-7-14-17(15,16)12-5-3-4-11(8-12)9-13/h3-6,8,14H,7H2,1-2H3. The van der Waals surface area contributed by atoms with Gasteiger partial charge >= 0.3 is 0 Å². The monoisotopic (exact) mass is 250 g/mol. The van der Waals surface area contributed by atoms with Crippen LogP contribution < -0.4 is 4.72 Å². The fraction of sp³-hybridized carbons (Fsp3) is 0.250. The van der Waals surface area contributed by atoms with Gasteiger partial charge in [-0.25, -0.2) is 13.1 Å². The lowest BCUT2D eigenvalue weighted by Gasteiger charge is -2.04. The molecule has 4 nitrogen and oxygen atoms in total. The number of sulfonamides is 1. The van der Waals surface area contributed by atoms with Crippen LogP contribution in [0.1, 0.15) is 19.4 Å². The Balaban J connectivity index is 2.90. The number of allylic oxidation sites excluding steroid dienone is 1. The minimum absolute atomic E-state index is 0.110. The molecule has 0 fully saturated rings. The average Bonchev–Trinajstić information content (AvgIpc) is 2.28. The summed E-state index contributed by atoms with van der Waals surface area (Å²) in [5, 5.41) is 8.70. The van der Waals surface area contributed by atoms with Crippen LogP contribution in [0.4, 0.5) is 0 Å². The Morgan fingerprint density at radius 1 is 1.47 bits per heavy atom. The van der Waals surface area contributed by atoms with Gasteiger partial charge in [0.15, 0.2) is 0 Å². The predicted octanol–water partition coefficient (Wildman–Crippen LogP) is 1.80. The van der Waals surface area contributed by atoms with Crippen LogP contribution in [0.25, 0.3) is 0 Å². The molecule has 1 aromatic rings. The highest BCUT2D eigenvalue weighted by atomic mass is 32.2. The summed E-state index contributed by atoms with van der Waals surface area (Å²) >= 11 is 0. The molecule has 0 aromatic heterocycles. The largest absolute Gasteiger partial charge is 0.240 e. The zero-order valence-electron chi connectivity index (χ0n) is 9.77. The van der Waals surface area contributed by atoms with E-state index in [0.29, 0.717) is 5.56 Å². The number of rotatable bonds is 4. The quantitative estimate of drug-likeness (QED) is 0.828. The Labute approximate surface area is 102 Å². The average molecular weight is 250 g/mol. The molecule has 0 amide bonds. The summed E-state index contributed by atoms with van der Waals surface area (Å²) in [6.07, 6.45) is 1.78. The second-order valence-electron chi connectivity index (χ2n) is 3.77. The van der Waals surface area contributed by atoms with Crippen LogP contribution in [0.5, 0.6) is 0 Å². The topological polar surface area (TPSA) is 70.0 Å². The second-order valence-corrected chi connectivity index (χ2v) is 5.54. The van der Waals surface area contributed by atoms with Crippen molar-refractivity contribution in [2.75, 3.05) is 6.54 Å². The third kappa shape index (κ3) is 4.02. The van der Waals surface area contributed by atoms with Crippen molar-refractivity contribution in [3.8, 4) is 6.07 Å². The maximum atomic E-state index is 11.8. The molecule has 0 atom stereocenters. The molecule has 0 spiro atoms. The zero-order chi connectivity index (χ0) is 12.9. The van der Waals surface area contributed by atoms with Crippen molar-refractivity contribution in [3.05, 3.63) is 41.5 Å². The highest BCUT2D eigenvalue weighted by Crippen LogP contribution is 2.10. The van der Waals surface area contributed by atoms with E-state index in [1.54, 1.807) is 18.2 Å². The van der Waals surface area contributed by atoms with Crippen LogP contribution in [-0.2, 0) is 10.0 Å². The van der Waals surface area contributed by atoms with Crippen LogP contribution in [0.15, 0.2) is 40.8 Å². The number of nitrogens with one attached hydrogen (secondary N) is 1.